The topological polar surface area (TPSA) is 46.5 Å². The lowest BCUT2D eigenvalue weighted by molar-refractivity contribution is -0.274. The number of ether oxygens (including phenoxy) is 1. The third kappa shape index (κ3) is 3.41. The summed E-state index contributed by atoms with van der Waals surface area (Å²) in [6.45, 7) is 0. The average Bonchev–Trinajstić information content (AvgIpc) is 2.14. The van der Waals surface area contributed by atoms with E-state index in [0.29, 0.717) is 10.9 Å². The highest BCUT2D eigenvalue weighted by atomic mass is 79.9. The van der Waals surface area contributed by atoms with Gasteiger partial charge in [-0.1, -0.05) is 22.0 Å². The molecule has 1 N–H and O–H groups in total. The molecule has 0 unspecified atom stereocenters. The highest BCUT2D eigenvalue weighted by Gasteiger charge is 2.33. The van der Waals surface area contributed by atoms with Gasteiger partial charge >= 0.3 is 12.3 Å². The summed E-state index contributed by atoms with van der Waals surface area (Å²) in [5, 5.41) is 8.97. The molecule has 3 nitrogen and oxygen atoms in total. The molecule has 0 atom stereocenters. The van der Waals surface area contributed by atoms with E-state index in [4.69, 9.17) is 5.11 Å². The zero-order valence-electron chi connectivity index (χ0n) is 7.71. The molecule has 0 fully saturated rings. The number of aromatic carboxylic acids is 1. The van der Waals surface area contributed by atoms with Gasteiger partial charge in [-0.15, -0.1) is 13.2 Å². The maximum atomic E-state index is 12.0. The molecular weight excluding hydrogens is 293 g/mol. The normalized spacial score (nSPS) is 11.2. The predicted octanol–water partition coefficient (Wildman–Crippen LogP) is 3.18. The van der Waals surface area contributed by atoms with Gasteiger partial charge in [0.25, 0.3) is 0 Å². The molecule has 0 saturated heterocycles. The smallest absolute Gasteiger partial charge is 0.478 e. The summed E-state index contributed by atoms with van der Waals surface area (Å²) in [6.07, 6.45) is -4.91. The van der Waals surface area contributed by atoms with Crippen LogP contribution in [0.2, 0.25) is 0 Å². The molecule has 0 bridgehead atoms. The number of halogens is 4. The molecule has 1 aromatic rings. The second-order valence-electron chi connectivity index (χ2n) is 2.82. The summed E-state index contributed by atoms with van der Waals surface area (Å²) in [7, 11) is 0. The van der Waals surface area contributed by atoms with Crippen molar-refractivity contribution >= 4 is 21.9 Å². The van der Waals surface area contributed by atoms with E-state index < -0.39 is 23.6 Å². The number of rotatable bonds is 3. The fourth-order valence-corrected chi connectivity index (χ4v) is 1.38. The van der Waals surface area contributed by atoms with Gasteiger partial charge in [0.05, 0.1) is 0 Å². The third-order valence-corrected chi connectivity index (χ3v) is 2.30. The van der Waals surface area contributed by atoms with Crippen molar-refractivity contribution in [3.63, 3.8) is 0 Å². The lowest BCUT2D eigenvalue weighted by Gasteiger charge is -2.12. The minimum atomic E-state index is -4.91. The zero-order chi connectivity index (χ0) is 12.3. The van der Waals surface area contributed by atoms with Gasteiger partial charge in [-0.05, 0) is 17.7 Å². The monoisotopic (exact) mass is 298 g/mol. The molecule has 0 aromatic heterocycles. The van der Waals surface area contributed by atoms with Gasteiger partial charge in [0.1, 0.15) is 11.3 Å². The van der Waals surface area contributed by atoms with Crippen LogP contribution in [0.3, 0.4) is 0 Å². The highest BCUT2D eigenvalue weighted by molar-refractivity contribution is 9.08. The van der Waals surface area contributed by atoms with Crippen LogP contribution in [0.15, 0.2) is 18.2 Å². The molecule has 0 aliphatic carbocycles. The lowest BCUT2D eigenvalue weighted by atomic mass is 10.1. The van der Waals surface area contributed by atoms with Crippen LogP contribution in [-0.2, 0) is 5.33 Å². The van der Waals surface area contributed by atoms with Crippen molar-refractivity contribution in [1.82, 2.24) is 0 Å². The SMILES string of the molecule is O=C(O)c1ccc(CBr)cc1OC(F)(F)F. The number of benzene rings is 1. The standard InChI is InChI=1S/C9H6BrF3O3/c10-4-5-1-2-6(8(14)15)7(3-5)16-9(11,12)13/h1-3H,4H2,(H,14,15). The molecule has 1 aromatic carbocycles. The van der Waals surface area contributed by atoms with E-state index in [0.717, 1.165) is 12.1 Å². The van der Waals surface area contributed by atoms with Crippen molar-refractivity contribution in [3.05, 3.63) is 29.3 Å². The van der Waals surface area contributed by atoms with Crippen LogP contribution in [-0.4, -0.2) is 17.4 Å². The summed E-state index contributed by atoms with van der Waals surface area (Å²) in [5.74, 6) is -2.18. The Labute approximate surface area is 97.0 Å². The molecule has 16 heavy (non-hydrogen) atoms. The lowest BCUT2D eigenvalue weighted by Crippen LogP contribution is -2.19. The van der Waals surface area contributed by atoms with Crippen molar-refractivity contribution in [3.8, 4) is 5.75 Å². The van der Waals surface area contributed by atoms with Gasteiger partial charge in [-0.2, -0.15) is 0 Å². The molecule has 0 aliphatic heterocycles. The molecular formula is C9H6BrF3O3. The van der Waals surface area contributed by atoms with E-state index >= 15 is 0 Å². The first kappa shape index (κ1) is 12.8. The summed E-state index contributed by atoms with van der Waals surface area (Å²) < 4.78 is 39.6. The largest absolute Gasteiger partial charge is 0.573 e. The van der Waals surface area contributed by atoms with Crippen LogP contribution < -0.4 is 4.74 Å². The Hall–Kier alpha value is -1.24. The Morgan fingerprint density at radius 2 is 2.06 bits per heavy atom. The van der Waals surface area contributed by atoms with Crippen LogP contribution in [0.25, 0.3) is 0 Å². The van der Waals surface area contributed by atoms with Gasteiger partial charge in [0, 0.05) is 5.33 Å². The van der Waals surface area contributed by atoms with Crippen LogP contribution >= 0.6 is 15.9 Å². The maximum Gasteiger partial charge on any atom is 0.573 e. The maximum absolute atomic E-state index is 12.0. The van der Waals surface area contributed by atoms with Crippen molar-refractivity contribution < 1.29 is 27.8 Å². The van der Waals surface area contributed by atoms with E-state index in [1.54, 1.807) is 0 Å². The molecule has 0 spiro atoms. The Morgan fingerprint density at radius 1 is 1.44 bits per heavy atom. The number of carboxylic acids is 1. The summed E-state index contributed by atoms with van der Waals surface area (Å²) in [6, 6.07) is 3.51. The van der Waals surface area contributed by atoms with Crippen LogP contribution in [0.5, 0.6) is 5.75 Å². The second kappa shape index (κ2) is 4.73. The zero-order valence-corrected chi connectivity index (χ0v) is 9.30. The Balaban J connectivity index is 3.15. The summed E-state index contributed by atoms with van der Waals surface area (Å²) in [4.78, 5) is 10.6. The number of carboxylic acid groups (broad SMARTS) is 1. The van der Waals surface area contributed by atoms with E-state index in [1.165, 1.54) is 6.07 Å². The summed E-state index contributed by atoms with van der Waals surface area (Å²) >= 11 is 3.05. The molecule has 7 heteroatoms. The van der Waals surface area contributed by atoms with Gasteiger partial charge < -0.3 is 9.84 Å². The minimum Gasteiger partial charge on any atom is -0.478 e. The van der Waals surface area contributed by atoms with Gasteiger partial charge in [0.15, 0.2) is 0 Å². The number of hydrogen-bond donors (Lipinski definition) is 1. The first-order valence-electron chi connectivity index (χ1n) is 4.01. The Kier molecular flexibility index (Phi) is 3.79. The van der Waals surface area contributed by atoms with Crippen LogP contribution in [0.1, 0.15) is 15.9 Å². The first-order valence-corrected chi connectivity index (χ1v) is 5.13. The fraction of sp³-hybridized carbons (Fsp3) is 0.222. The highest BCUT2D eigenvalue weighted by Crippen LogP contribution is 2.28. The van der Waals surface area contributed by atoms with Crippen molar-refractivity contribution in [2.75, 3.05) is 0 Å². The quantitative estimate of drug-likeness (QED) is 0.872. The first-order chi connectivity index (χ1) is 7.33. The second-order valence-corrected chi connectivity index (χ2v) is 3.38. The van der Waals surface area contributed by atoms with Gasteiger partial charge in [-0.3, -0.25) is 0 Å². The molecule has 88 valence electrons. The van der Waals surface area contributed by atoms with Crippen molar-refractivity contribution in [1.29, 1.82) is 0 Å². The average molecular weight is 299 g/mol. The fourth-order valence-electron chi connectivity index (χ4n) is 1.04. The molecule has 0 saturated carbocycles. The molecule has 0 aliphatic rings. The van der Waals surface area contributed by atoms with Crippen LogP contribution in [0, 0.1) is 0 Å². The molecule has 1 rings (SSSR count). The van der Waals surface area contributed by atoms with E-state index in [-0.39, 0.29) is 0 Å². The molecule has 0 heterocycles. The number of hydrogen-bond acceptors (Lipinski definition) is 2. The number of carbonyl (C=O) groups is 1. The van der Waals surface area contributed by atoms with Gasteiger partial charge in [-0.25, -0.2) is 4.79 Å². The summed E-state index contributed by atoms with van der Waals surface area (Å²) in [5.41, 5.74) is -0.0359. The van der Waals surface area contributed by atoms with Crippen molar-refractivity contribution in [2.45, 2.75) is 11.7 Å². The van der Waals surface area contributed by atoms with E-state index in [9.17, 15) is 18.0 Å². The third-order valence-electron chi connectivity index (χ3n) is 1.66. The predicted molar refractivity (Wildman–Crippen MR) is 52.7 cm³/mol. The van der Waals surface area contributed by atoms with Crippen LogP contribution in [0.4, 0.5) is 13.2 Å². The molecule has 0 amide bonds. The van der Waals surface area contributed by atoms with Crippen molar-refractivity contribution in [2.24, 2.45) is 0 Å². The van der Waals surface area contributed by atoms with E-state index in [1.807, 2.05) is 0 Å². The number of alkyl halides is 4. The molecule has 0 radical (unpaired) electrons. The minimum absolute atomic E-state index is 0.307. The van der Waals surface area contributed by atoms with Gasteiger partial charge in [0.2, 0.25) is 0 Å². The Morgan fingerprint density at radius 3 is 2.50 bits per heavy atom. The van der Waals surface area contributed by atoms with E-state index in [2.05, 4.69) is 20.7 Å². The Bertz CT molecular complexity index is 403.